The van der Waals surface area contributed by atoms with E-state index in [-0.39, 0.29) is 17.2 Å². The molecule has 0 aromatic heterocycles. The molecule has 2 bridgehead atoms. The monoisotopic (exact) mass is 410 g/mol. The lowest BCUT2D eigenvalue weighted by Crippen LogP contribution is -2.38. The third kappa shape index (κ3) is 4.48. The van der Waals surface area contributed by atoms with Crippen molar-refractivity contribution in [3.63, 3.8) is 0 Å². The highest BCUT2D eigenvalue weighted by Gasteiger charge is 2.52. The average molecular weight is 410 g/mol. The maximum absolute atomic E-state index is 13.6. The van der Waals surface area contributed by atoms with Crippen molar-refractivity contribution in [1.29, 1.82) is 0 Å². The number of halogens is 1. The Kier molecular flexibility index (Phi) is 5.75. The van der Waals surface area contributed by atoms with Crippen molar-refractivity contribution in [3.05, 3.63) is 65.5 Å². The van der Waals surface area contributed by atoms with E-state index in [4.69, 9.17) is 4.74 Å². The molecule has 2 aliphatic rings. The Bertz CT molecular complexity index is 942. The van der Waals surface area contributed by atoms with Crippen LogP contribution in [0.15, 0.2) is 48.5 Å². The first-order chi connectivity index (χ1) is 14.5. The zero-order valence-corrected chi connectivity index (χ0v) is 17.3. The number of carbonyl (C=O) groups is 2. The molecule has 0 radical (unpaired) electrons. The van der Waals surface area contributed by atoms with Crippen LogP contribution in [0, 0.1) is 11.2 Å². The Morgan fingerprint density at radius 2 is 1.83 bits per heavy atom. The minimum Gasteiger partial charge on any atom is -0.492 e. The van der Waals surface area contributed by atoms with Crippen molar-refractivity contribution in [1.82, 2.24) is 9.80 Å². The van der Waals surface area contributed by atoms with E-state index in [2.05, 4.69) is 0 Å². The average Bonchev–Trinajstić information content (AvgIpc) is 3.54. The second-order valence-electron chi connectivity index (χ2n) is 8.39. The van der Waals surface area contributed by atoms with Gasteiger partial charge in [0, 0.05) is 32.2 Å². The van der Waals surface area contributed by atoms with Gasteiger partial charge in [0.15, 0.2) is 0 Å². The summed E-state index contributed by atoms with van der Waals surface area (Å²) in [6, 6.07) is 13.4. The van der Waals surface area contributed by atoms with Crippen LogP contribution in [0.2, 0.25) is 0 Å². The van der Waals surface area contributed by atoms with Crippen LogP contribution in [-0.2, 0) is 11.3 Å². The van der Waals surface area contributed by atoms with Crippen molar-refractivity contribution >= 4 is 11.8 Å². The summed E-state index contributed by atoms with van der Waals surface area (Å²) in [4.78, 5) is 29.4. The van der Waals surface area contributed by atoms with Crippen molar-refractivity contribution in [2.24, 2.45) is 5.41 Å². The number of fused-ring (bicyclic) bond motifs is 2. The van der Waals surface area contributed by atoms with Crippen molar-refractivity contribution < 1.29 is 18.7 Å². The van der Waals surface area contributed by atoms with E-state index in [1.807, 2.05) is 31.3 Å². The van der Waals surface area contributed by atoms with Crippen LogP contribution < -0.4 is 4.74 Å². The van der Waals surface area contributed by atoms with Gasteiger partial charge in [-0.2, -0.15) is 0 Å². The molecule has 0 N–H and O–H groups in total. The van der Waals surface area contributed by atoms with E-state index in [9.17, 15) is 14.0 Å². The lowest BCUT2D eigenvalue weighted by Gasteiger charge is -2.27. The summed E-state index contributed by atoms with van der Waals surface area (Å²) in [5.74, 6) is 0.217. The smallest absolute Gasteiger partial charge is 0.254 e. The molecule has 1 aliphatic heterocycles. The number of hydrogen-bond acceptors (Lipinski definition) is 3. The predicted molar refractivity (Wildman–Crippen MR) is 112 cm³/mol. The number of carbonyl (C=O) groups excluding carboxylic acids is 2. The van der Waals surface area contributed by atoms with Gasteiger partial charge in [0.2, 0.25) is 5.91 Å². The van der Waals surface area contributed by atoms with Gasteiger partial charge in [-0.1, -0.05) is 18.2 Å². The van der Waals surface area contributed by atoms with Crippen LogP contribution >= 0.6 is 0 Å². The number of amides is 2. The number of benzene rings is 2. The maximum Gasteiger partial charge on any atom is 0.254 e. The molecule has 0 atom stereocenters. The van der Waals surface area contributed by atoms with Crippen molar-refractivity contribution in [2.45, 2.75) is 32.2 Å². The summed E-state index contributed by atoms with van der Waals surface area (Å²) < 4.78 is 19.6. The molecule has 1 aliphatic carbocycles. The van der Waals surface area contributed by atoms with E-state index in [0.29, 0.717) is 37.6 Å². The molecule has 158 valence electrons. The SMILES string of the molecule is CN1CCCCN(C(=O)c2cccc(F)c2)Cc2cccc(c2)OCC2(CC2)C1=O. The number of nitrogens with zero attached hydrogens (tertiary/aromatic N) is 2. The molecule has 2 aromatic rings. The molecule has 30 heavy (non-hydrogen) atoms. The van der Waals surface area contributed by atoms with Gasteiger partial charge in [-0.3, -0.25) is 9.59 Å². The highest BCUT2D eigenvalue weighted by atomic mass is 19.1. The fraction of sp³-hybridized carbons (Fsp3) is 0.417. The van der Waals surface area contributed by atoms with Gasteiger partial charge >= 0.3 is 0 Å². The zero-order chi connectivity index (χ0) is 21.1. The van der Waals surface area contributed by atoms with Crippen LogP contribution in [-0.4, -0.2) is 48.4 Å². The van der Waals surface area contributed by atoms with Crippen molar-refractivity contribution in [3.8, 4) is 5.75 Å². The quantitative estimate of drug-likeness (QED) is 0.717. The molecule has 2 aromatic carbocycles. The lowest BCUT2D eigenvalue weighted by molar-refractivity contribution is -0.136. The second kappa shape index (κ2) is 8.46. The third-order valence-electron chi connectivity index (χ3n) is 5.97. The summed E-state index contributed by atoms with van der Waals surface area (Å²) in [7, 11) is 1.84. The zero-order valence-electron chi connectivity index (χ0n) is 17.3. The molecule has 5 nitrogen and oxygen atoms in total. The van der Waals surface area contributed by atoms with E-state index in [0.717, 1.165) is 31.2 Å². The lowest BCUT2D eigenvalue weighted by atomic mass is 10.1. The van der Waals surface area contributed by atoms with Gasteiger partial charge in [0.25, 0.3) is 5.91 Å². The van der Waals surface area contributed by atoms with Gasteiger partial charge in [-0.25, -0.2) is 4.39 Å². The first-order valence-corrected chi connectivity index (χ1v) is 10.5. The third-order valence-corrected chi connectivity index (χ3v) is 5.97. The topological polar surface area (TPSA) is 49.9 Å². The molecular weight excluding hydrogens is 383 g/mol. The minimum absolute atomic E-state index is 0.142. The predicted octanol–water partition coefficient (Wildman–Crippen LogP) is 3.88. The van der Waals surface area contributed by atoms with Gasteiger partial charge in [0.1, 0.15) is 18.2 Å². The number of rotatable bonds is 1. The molecule has 6 heteroatoms. The normalized spacial score (nSPS) is 19.2. The first-order valence-electron chi connectivity index (χ1n) is 10.5. The van der Waals surface area contributed by atoms with E-state index >= 15 is 0 Å². The summed E-state index contributed by atoms with van der Waals surface area (Å²) in [5, 5.41) is 0. The molecule has 2 amide bonds. The molecule has 1 spiro atoms. The Morgan fingerprint density at radius 3 is 2.60 bits per heavy atom. The van der Waals surface area contributed by atoms with Crippen LogP contribution in [0.1, 0.15) is 41.6 Å². The number of hydrogen-bond donors (Lipinski definition) is 0. The van der Waals surface area contributed by atoms with E-state index in [1.54, 1.807) is 21.9 Å². The van der Waals surface area contributed by atoms with E-state index < -0.39 is 5.82 Å². The summed E-state index contributed by atoms with van der Waals surface area (Å²) in [6.45, 7) is 1.99. The summed E-state index contributed by atoms with van der Waals surface area (Å²) in [5.41, 5.74) is 0.906. The highest BCUT2D eigenvalue weighted by Crippen LogP contribution is 2.47. The van der Waals surface area contributed by atoms with Gasteiger partial charge in [-0.15, -0.1) is 0 Å². The van der Waals surface area contributed by atoms with E-state index in [1.165, 1.54) is 12.1 Å². The van der Waals surface area contributed by atoms with Gasteiger partial charge in [0.05, 0.1) is 5.41 Å². The van der Waals surface area contributed by atoms with Crippen LogP contribution in [0.4, 0.5) is 4.39 Å². The molecule has 4 rings (SSSR count). The van der Waals surface area contributed by atoms with Crippen LogP contribution in [0.5, 0.6) is 5.75 Å². The Labute approximate surface area is 176 Å². The summed E-state index contributed by atoms with van der Waals surface area (Å²) in [6.07, 6.45) is 3.30. The molecule has 1 saturated carbocycles. The first kappa shape index (κ1) is 20.4. The molecular formula is C24H27FN2O3. The fourth-order valence-corrected chi connectivity index (χ4v) is 3.96. The Balaban J connectivity index is 1.58. The highest BCUT2D eigenvalue weighted by molar-refractivity contribution is 5.94. The summed E-state index contributed by atoms with van der Waals surface area (Å²) >= 11 is 0. The molecule has 0 saturated heterocycles. The molecule has 1 fully saturated rings. The van der Waals surface area contributed by atoms with Crippen molar-refractivity contribution in [2.75, 3.05) is 26.7 Å². The van der Waals surface area contributed by atoms with Crippen LogP contribution in [0.3, 0.4) is 0 Å². The Morgan fingerprint density at radius 1 is 1.07 bits per heavy atom. The molecule has 1 heterocycles. The molecule has 0 unspecified atom stereocenters. The Hall–Kier alpha value is -2.89. The second-order valence-corrected chi connectivity index (χ2v) is 8.39. The van der Waals surface area contributed by atoms with Gasteiger partial charge < -0.3 is 14.5 Å². The standard InChI is InChI=1S/C24H27FN2O3/c1-26-12-2-3-13-27(22(28)19-7-5-8-20(25)15-19)16-18-6-4-9-21(14-18)30-17-24(10-11-24)23(26)29/h4-9,14-15H,2-3,10-13,16-17H2,1H3. The minimum atomic E-state index is -0.424. The van der Waals surface area contributed by atoms with Gasteiger partial charge in [-0.05, 0) is 61.6 Å². The number of ether oxygens (including phenoxy) is 1. The van der Waals surface area contributed by atoms with Crippen LogP contribution in [0.25, 0.3) is 0 Å². The largest absolute Gasteiger partial charge is 0.492 e. The fourth-order valence-electron chi connectivity index (χ4n) is 3.96. The maximum atomic E-state index is 13.6.